The van der Waals surface area contributed by atoms with E-state index < -0.39 is 0 Å². The highest BCUT2D eigenvalue weighted by Crippen LogP contribution is 2.35. The highest BCUT2D eigenvalue weighted by Gasteiger charge is 2.31. The van der Waals surface area contributed by atoms with Gasteiger partial charge in [-0.2, -0.15) is 5.10 Å². The minimum Gasteiger partial charge on any atom is -0.497 e. The molecule has 0 saturated carbocycles. The Morgan fingerprint density at radius 3 is 2.64 bits per heavy atom. The van der Waals surface area contributed by atoms with E-state index in [9.17, 15) is 0 Å². The minimum absolute atomic E-state index is 0.459. The summed E-state index contributed by atoms with van der Waals surface area (Å²) in [7, 11) is 8.17. The van der Waals surface area contributed by atoms with Gasteiger partial charge in [-0.25, -0.2) is 0 Å². The Morgan fingerprint density at radius 1 is 1.24 bits per heavy atom. The van der Waals surface area contributed by atoms with E-state index in [1.807, 2.05) is 30.1 Å². The maximum absolute atomic E-state index is 5.25. The average Bonchev–Trinajstić information content (AvgIpc) is 3.01. The first-order valence-corrected chi connectivity index (χ1v) is 9.07. The molecular formula is C20H30N4O. The Morgan fingerprint density at radius 2 is 2.00 bits per heavy atom. The number of piperidine rings is 1. The lowest BCUT2D eigenvalue weighted by atomic mass is 9.85. The quantitative estimate of drug-likeness (QED) is 0.808. The Hall–Kier alpha value is -1.85. The molecule has 0 spiro atoms. The van der Waals surface area contributed by atoms with E-state index in [2.05, 4.69) is 47.3 Å². The van der Waals surface area contributed by atoms with Gasteiger partial charge in [0.15, 0.2) is 0 Å². The van der Waals surface area contributed by atoms with Crippen LogP contribution in [0.4, 0.5) is 0 Å². The number of ether oxygens (including phenoxy) is 1. The maximum Gasteiger partial charge on any atom is 0.118 e. The molecule has 136 valence electrons. The van der Waals surface area contributed by atoms with Crippen molar-refractivity contribution in [1.82, 2.24) is 19.6 Å². The number of likely N-dealkylation sites (tertiary alicyclic amines) is 1. The number of benzene rings is 1. The molecule has 1 saturated heterocycles. The highest BCUT2D eigenvalue weighted by molar-refractivity contribution is 5.27. The van der Waals surface area contributed by atoms with Gasteiger partial charge >= 0.3 is 0 Å². The monoisotopic (exact) mass is 342 g/mol. The first kappa shape index (κ1) is 18.0. The molecule has 5 nitrogen and oxygen atoms in total. The van der Waals surface area contributed by atoms with Crippen molar-refractivity contribution >= 4 is 0 Å². The van der Waals surface area contributed by atoms with E-state index in [-0.39, 0.29) is 0 Å². The number of aryl methyl sites for hydroxylation is 1. The molecule has 2 atom stereocenters. The zero-order valence-electron chi connectivity index (χ0n) is 15.9. The summed E-state index contributed by atoms with van der Waals surface area (Å²) in [5.41, 5.74) is 2.66. The van der Waals surface area contributed by atoms with E-state index in [4.69, 9.17) is 4.74 Å². The molecule has 0 aliphatic carbocycles. The van der Waals surface area contributed by atoms with Crippen LogP contribution in [0.3, 0.4) is 0 Å². The van der Waals surface area contributed by atoms with Crippen LogP contribution in [0.15, 0.2) is 36.7 Å². The second-order valence-electron chi connectivity index (χ2n) is 7.32. The lowest BCUT2D eigenvalue weighted by Gasteiger charge is -2.40. The third-order valence-corrected chi connectivity index (χ3v) is 5.23. The van der Waals surface area contributed by atoms with Crippen molar-refractivity contribution in [2.75, 3.05) is 34.3 Å². The van der Waals surface area contributed by atoms with Crippen molar-refractivity contribution in [3.8, 4) is 5.75 Å². The van der Waals surface area contributed by atoms with Gasteiger partial charge in [-0.1, -0.05) is 12.1 Å². The van der Waals surface area contributed by atoms with Crippen LogP contribution in [0.25, 0.3) is 0 Å². The minimum atomic E-state index is 0.459. The van der Waals surface area contributed by atoms with E-state index in [1.165, 1.54) is 24.0 Å². The van der Waals surface area contributed by atoms with Crippen molar-refractivity contribution < 1.29 is 4.74 Å². The first-order chi connectivity index (χ1) is 12.1. The van der Waals surface area contributed by atoms with Gasteiger partial charge in [-0.15, -0.1) is 0 Å². The zero-order chi connectivity index (χ0) is 17.8. The second kappa shape index (κ2) is 8.02. The largest absolute Gasteiger partial charge is 0.497 e. The summed E-state index contributed by atoms with van der Waals surface area (Å²) < 4.78 is 7.16. The average molecular weight is 342 g/mol. The summed E-state index contributed by atoms with van der Waals surface area (Å²) in [6.45, 7) is 3.22. The molecule has 0 amide bonds. The summed E-state index contributed by atoms with van der Waals surface area (Å²) in [5, 5.41) is 4.39. The molecule has 1 fully saturated rings. The van der Waals surface area contributed by atoms with Gasteiger partial charge in [0.1, 0.15) is 5.75 Å². The lowest BCUT2D eigenvalue weighted by Crippen LogP contribution is -2.40. The van der Waals surface area contributed by atoms with Crippen LogP contribution in [0, 0.1) is 5.92 Å². The molecule has 2 aromatic rings. The molecule has 3 rings (SSSR count). The Bertz CT molecular complexity index is 667. The molecular weight excluding hydrogens is 312 g/mol. The number of hydrogen-bond acceptors (Lipinski definition) is 4. The Balaban J connectivity index is 1.66. The normalized spacial score (nSPS) is 21.6. The number of rotatable bonds is 6. The molecule has 1 aliphatic rings. The maximum atomic E-state index is 5.25. The smallest absolute Gasteiger partial charge is 0.118 e. The van der Waals surface area contributed by atoms with Crippen molar-refractivity contribution in [3.05, 3.63) is 47.8 Å². The number of aromatic nitrogens is 2. The van der Waals surface area contributed by atoms with Crippen LogP contribution in [-0.2, 0) is 13.6 Å². The molecule has 0 N–H and O–H groups in total. The molecule has 5 heteroatoms. The number of hydrogen-bond donors (Lipinski definition) is 0. The van der Waals surface area contributed by atoms with E-state index in [1.54, 1.807) is 7.11 Å². The molecule has 2 heterocycles. The molecule has 25 heavy (non-hydrogen) atoms. The predicted octanol–water partition coefficient (Wildman–Crippen LogP) is 2.94. The molecule has 1 aromatic heterocycles. The Labute approximate surface area is 151 Å². The van der Waals surface area contributed by atoms with Crippen molar-refractivity contribution in [3.63, 3.8) is 0 Å². The summed E-state index contributed by atoms with van der Waals surface area (Å²) in [5.74, 6) is 1.54. The van der Waals surface area contributed by atoms with Crippen molar-refractivity contribution in [1.29, 1.82) is 0 Å². The highest BCUT2D eigenvalue weighted by atomic mass is 16.5. The van der Waals surface area contributed by atoms with Crippen LogP contribution < -0.4 is 4.74 Å². The van der Waals surface area contributed by atoms with Crippen LogP contribution in [0.2, 0.25) is 0 Å². The van der Waals surface area contributed by atoms with Crippen LogP contribution in [0.1, 0.15) is 30.0 Å². The van der Waals surface area contributed by atoms with Crippen LogP contribution in [-0.4, -0.2) is 53.9 Å². The van der Waals surface area contributed by atoms with Gasteiger partial charge in [0.25, 0.3) is 0 Å². The van der Waals surface area contributed by atoms with Crippen molar-refractivity contribution in [2.45, 2.75) is 25.4 Å². The fourth-order valence-electron chi connectivity index (χ4n) is 4.08. The standard InChI is InChI=1S/C20H30N4O/c1-22(13-16-7-9-19(25-4)10-8-16)14-17-6-5-11-23(2)20(17)18-12-21-24(3)15-18/h7-10,12,15,17,20H,5-6,11,13-14H2,1-4H3/t17-,20+/m0/s1. The van der Waals surface area contributed by atoms with Gasteiger partial charge in [-0.3, -0.25) is 9.58 Å². The SMILES string of the molecule is COc1ccc(CN(C)C[C@@H]2CCCN(C)[C@H]2c2cnn(C)c2)cc1. The fraction of sp³-hybridized carbons (Fsp3) is 0.550. The number of methoxy groups -OCH3 is 1. The second-order valence-corrected chi connectivity index (χ2v) is 7.32. The fourth-order valence-corrected chi connectivity index (χ4v) is 4.08. The summed E-state index contributed by atoms with van der Waals surface area (Å²) in [4.78, 5) is 4.93. The van der Waals surface area contributed by atoms with Gasteiger partial charge < -0.3 is 9.64 Å². The third kappa shape index (κ3) is 4.41. The van der Waals surface area contributed by atoms with Crippen molar-refractivity contribution in [2.24, 2.45) is 13.0 Å². The van der Waals surface area contributed by atoms with Gasteiger partial charge in [0.05, 0.1) is 13.3 Å². The zero-order valence-corrected chi connectivity index (χ0v) is 15.9. The molecule has 1 aliphatic heterocycles. The van der Waals surface area contributed by atoms with Gasteiger partial charge in [-0.05, 0) is 57.1 Å². The van der Waals surface area contributed by atoms with Gasteiger partial charge in [0.2, 0.25) is 0 Å². The van der Waals surface area contributed by atoms with Gasteiger partial charge in [0, 0.05) is 37.9 Å². The Kier molecular flexibility index (Phi) is 5.76. The molecule has 0 radical (unpaired) electrons. The summed E-state index contributed by atoms with van der Waals surface area (Å²) in [6, 6.07) is 8.84. The summed E-state index contributed by atoms with van der Waals surface area (Å²) >= 11 is 0. The van der Waals surface area contributed by atoms with E-state index in [0.29, 0.717) is 12.0 Å². The summed E-state index contributed by atoms with van der Waals surface area (Å²) in [6.07, 6.45) is 6.75. The molecule has 1 aromatic carbocycles. The van der Waals surface area contributed by atoms with E-state index >= 15 is 0 Å². The van der Waals surface area contributed by atoms with Crippen LogP contribution in [0.5, 0.6) is 5.75 Å². The topological polar surface area (TPSA) is 33.5 Å². The first-order valence-electron chi connectivity index (χ1n) is 9.07. The third-order valence-electron chi connectivity index (χ3n) is 5.23. The van der Waals surface area contributed by atoms with Crippen LogP contribution >= 0.6 is 0 Å². The predicted molar refractivity (Wildman–Crippen MR) is 101 cm³/mol. The molecule has 0 bridgehead atoms. The lowest BCUT2D eigenvalue weighted by molar-refractivity contribution is 0.0926. The number of nitrogens with zero attached hydrogens (tertiary/aromatic N) is 4. The molecule has 0 unspecified atom stereocenters. The van der Waals surface area contributed by atoms with E-state index in [0.717, 1.165) is 25.4 Å².